The van der Waals surface area contributed by atoms with Gasteiger partial charge in [0.25, 0.3) is 0 Å². The molecule has 0 N–H and O–H groups in total. The number of ether oxygens (including phenoxy) is 1. The Bertz CT molecular complexity index is 1200. The second kappa shape index (κ2) is 9.68. The second-order valence-electron chi connectivity index (χ2n) is 8.39. The largest absolute Gasteiger partial charge is 0.376 e. The number of fused-ring (bicyclic) bond motifs is 1. The Kier molecular flexibility index (Phi) is 6.93. The topological polar surface area (TPSA) is 76.6 Å². The van der Waals surface area contributed by atoms with Gasteiger partial charge in [-0.2, -0.15) is 0 Å². The number of amides is 1. The smallest absolute Gasteiger partial charge is 0.229 e. The summed E-state index contributed by atoms with van der Waals surface area (Å²) in [6, 6.07) is 13.2. The predicted molar refractivity (Wildman–Crippen MR) is 129 cm³/mol. The minimum absolute atomic E-state index is 0.0466. The third kappa shape index (κ3) is 5.54. The van der Waals surface area contributed by atoms with Gasteiger partial charge in [-0.25, -0.2) is 13.4 Å². The minimum Gasteiger partial charge on any atom is -0.376 e. The highest BCUT2D eigenvalue weighted by molar-refractivity contribution is 7.90. The van der Waals surface area contributed by atoms with Crippen molar-refractivity contribution in [1.29, 1.82) is 0 Å². The Morgan fingerprint density at radius 3 is 2.72 bits per heavy atom. The second-order valence-corrected chi connectivity index (χ2v) is 11.6. The van der Waals surface area contributed by atoms with Crippen molar-refractivity contribution < 1.29 is 17.9 Å². The van der Waals surface area contributed by atoms with Crippen LogP contribution in [-0.4, -0.2) is 44.3 Å². The minimum atomic E-state index is -3.41. The number of hydrogen-bond donors (Lipinski definition) is 0. The van der Waals surface area contributed by atoms with E-state index in [1.54, 1.807) is 17.0 Å². The van der Waals surface area contributed by atoms with Crippen molar-refractivity contribution in [2.45, 2.75) is 45.0 Å². The van der Waals surface area contributed by atoms with Gasteiger partial charge in [0.15, 0.2) is 15.0 Å². The van der Waals surface area contributed by atoms with Crippen LogP contribution in [0.5, 0.6) is 0 Å². The van der Waals surface area contributed by atoms with E-state index < -0.39 is 9.84 Å². The van der Waals surface area contributed by atoms with Crippen LogP contribution >= 0.6 is 11.3 Å². The molecule has 1 aromatic heterocycles. The van der Waals surface area contributed by atoms with E-state index in [9.17, 15) is 13.2 Å². The van der Waals surface area contributed by atoms with Crippen molar-refractivity contribution in [2.24, 2.45) is 0 Å². The third-order valence-corrected chi connectivity index (χ3v) is 8.44. The Morgan fingerprint density at radius 1 is 1.22 bits per heavy atom. The lowest BCUT2D eigenvalue weighted by molar-refractivity contribution is -0.118. The maximum absolute atomic E-state index is 13.2. The standard InChI is InChI=1S/C24H28N2O4S2/c1-17-13-18(2)23-21(14-17)25-24(31-23)26(15-20-9-6-11-30-20)22(27)10-12-32(28,29)16-19-7-4-3-5-8-19/h3-5,7-8,13-14,20H,6,9-12,15-16H2,1-2H3. The molecule has 0 saturated carbocycles. The first kappa shape index (κ1) is 22.9. The van der Waals surface area contributed by atoms with Crippen LogP contribution in [0.3, 0.4) is 0 Å². The number of thiazole rings is 1. The van der Waals surface area contributed by atoms with Gasteiger partial charge in [0.1, 0.15) is 0 Å². The van der Waals surface area contributed by atoms with E-state index in [2.05, 4.69) is 6.07 Å². The van der Waals surface area contributed by atoms with Crippen molar-refractivity contribution >= 4 is 42.4 Å². The van der Waals surface area contributed by atoms with Crippen LogP contribution in [0.15, 0.2) is 42.5 Å². The molecule has 1 aliphatic rings. The molecular formula is C24H28N2O4S2. The quantitative estimate of drug-likeness (QED) is 0.485. The molecule has 6 nitrogen and oxygen atoms in total. The summed E-state index contributed by atoms with van der Waals surface area (Å²) < 4.78 is 32.1. The van der Waals surface area contributed by atoms with Gasteiger partial charge < -0.3 is 4.74 Å². The molecule has 1 saturated heterocycles. The number of hydrogen-bond acceptors (Lipinski definition) is 6. The van der Waals surface area contributed by atoms with Crippen molar-refractivity contribution in [1.82, 2.24) is 4.98 Å². The molecule has 1 unspecified atom stereocenters. The van der Waals surface area contributed by atoms with Crippen LogP contribution in [0.25, 0.3) is 10.2 Å². The molecule has 2 heterocycles. The van der Waals surface area contributed by atoms with Crippen LogP contribution in [0.2, 0.25) is 0 Å². The Morgan fingerprint density at radius 2 is 2.00 bits per heavy atom. The monoisotopic (exact) mass is 472 g/mol. The molecule has 2 aromatic carbocycles. The fraction of sp³-hybridized carbons (Fsp3) is 0.417. The summed E-state index contributed by atoms with van der Waals surface area (Å²) in [5.74, 6) is -0.483. The third-order valence-electron chi connectivity index (χ3n) is 5.61. The average molecular weight is 473 g/mol. The Labute approximate surface area is 193 Å². The predicted octanol–water partition coefficient (Wildman–Crippen LogP) is 4.43. The maximum Gasteiger partial charge on any atom is 0.229 e. The molecule has 3 aromatic rings. The van der Waals surface area contributed by atoms with Gasteiger partial charge >= 0.3 is 0 Å². The van der Waals surface area contributed by atoms with E-state index in [1.807, 2.05) is 38.1 Å². The molecule has 1 atom stereocenters. The van der Waals surface area contributed by atoms with Crippen LogP contribution in [0.1, 0.15) is 36.0 Å². The zero-order valence-electron chi connectivity index (χ0n) is 18.4. The maximum atomic E-state index is 13.2. The number of carbonyl (C=O) groups is 1. The van der Waals surface area contributed by atoms with Gasteiger partial charge in [-0.1, -0.05) is 47.7 Å². The van der Waals surface area contributed by atoms with Crippen LogP contribution < -0.4 is 4.90 Å². The van der Waals surface area contributed by atoms with E-state index in [0.717, 1.165) is 39.7 Å². The SMILES string of the molecule is Cc1cc(C)c2sc(N(CC3CCCO3)C(=O)CCS(=O)(=O)Cc3ccccc3)nc2c1. The fourth-order valence-electron chi connectivity index (χ4n) is 4.04. The molecule has 0 spiro atoms. The van der Waals surface area contributed by atoms with Crippen LogP contribution in [0, 0.1) is 13.8 Å². The van der Waals surface area contributed by atoms with Crippen LogP contribution in [-0.2, 0) is 25.1 Å². The number of carbonyl (C=O) groups excluding carboxylic acids is 1. The highest BCUT2D eigenvalue weighted by atomic mass is 32.2. The zero-order chi connectivity index (χ0) is 22.7. The number of rotatable bonds is 8. The summed E-state index contributed by atoms with van der Waals surface area (Å²) in [4.78, 5) is 19.6. The lowest BCUT2D eigenvalue weighted by Crippen LogP contribution is -2.38. The number of aryl methyl sites for hydroxylation is 2. The highest BCUT2D eigenvalue weighted by Crippen LogP contribution is 2.33. The summed E-state index contributed by atoms with van der Waals surface area (Å²) in [5, 5.41) is 0.606. The van der Waals surface area contributed by atoms with Crippen molar-refractivity contribution in [3.05, 3.63) is 59.2 Å². The molecule has 32 heavy (non-hydrogen) atoms. The lowest BCUT2D eigenvalue weighted by atomic mass is 10.1. The van der Waals surface area contributed by atoms with Gasteiger partial charge in [-0.05, 0) is 49.4 Å². The van der Waals surface area contributed by atoms with Crippen molar-refractivity contribution in [3.63, 3.8) is 0 Å². The number of anilines is 1. The van der Waals surface area contributed by atoms with Gasteiger partial charge in [-0.3, -0.25) is 9.69 Å². The molecule has 0 radical (unpaired) electrons. The first-order chi connectivity index (χ1) is 15.3. The number of aromatic nitrogens is 1. The molecule has 4 rings (SSSR count). The number of sulfone groups is 1. The van der Waals surface area contributed by atoms with E-state index in [0.29, 0.717) is 18.3 Å². The first-order valence-electron chi connectivity index (χ1n) is 10.8. The number of nitrogens with zero attached hydrogens (tertiary/aromatic N) is 2. The summed E-state index contributed by atoms with van der Waals surface area (Å²) in [6.07, 6.45) is 1.74. The highest BCUT2D eigenvalue weighted by Gasteiger charge is 2.27. The van der Waals surface area contributed by atoms with Gasteiger partial charge in [0.05, 0.1) is 34.4 Å². The molecule has 1 fully saturated rings. The van der Waals surface area contributed by atoms with E-state index in [1.165, 1.54) is 11.3 Å². The Hall–Kier alpha value is -2.29. The molecule has 170 valence electrons. The summed E-state index contributed by atoms with van der Waals surface area (Å²) in [7, 11) is -3.41. The molecule has 0 bridgehead atoms. The molecule has 0 aliphatic carbocycles. The van der Waals surface area contributed by atoms with Crippen molar-refractivity contribution in [2.75, 3.05) is 23.8 Å². The van der Waals surface area contributed by atoms with E-state index in [4.69, 9.17) is 9.72 Å². The van der Waals surface area contributed by atoms with Gasteiger partial charge in [0.2, 0.25) is 5.91 Å². The first-order valence-corrected chi connectivity index (χ1v) is 13.5. The molecule has 1 amide bonds. The van der Waals surface area contributed by atoms with Crippen LogP contribution in [0.4, 0.5) is 5.13 Å². The molecule has 8 heteroatoms. The van der Waals surface area contributed by atoms with Crippen molar-refractivity contribution in [3.8, 4) is 0 Å². The van der Waals surface area contributed by atoms with Gasteiger partial charge in [-0.15, -0.1) is 0 Å². The molecular weight excluding hydrogens is 444 g/mol. The van der Waals surface area contributed by atoms with E-state index in [-0.39, 0.29) is 29.9 Å². The molecule has 1 aliphatic heterocycles. The summed E-state index contributed by atoms with van der Waals surface area (Å²) in [5.41, 5.74) is 3.84. The number of benzene rings is 2. The lowest BCUT2D eigenvalue weighted by Gasteiger charge is -2.23. The summed E-state index contributed by atoms with van der Waals surface area (Å²) in [6.45, 7) is 5.16. The Balaban J connectivity index is 1.53. The normalized spacial score (nSPS) is 16.5. The fourth-order valence-corrected chi connectivity index (χ4v) is 6.41. The average Bonchev–Trinajstić information content (AvgIpc) is 3.40. The zero-order valence-corrected chi connectivity index (χ0v) is 20.0. The van der Waals surface area contributed by atoms with Gasteiger partial charge in [0, 0.05) is 13.0 Å². The van der Waals surface area contributed by atoms with E-state index >= 15 is 0 Å². The summed E-state index contributed by atoms with van der Waals surface area (Å²) >= 11 is 1.48.